The second kappa shape index (κ2) is 7.56. The number of hydrogen-bond donors (Lipinski definition) is 4. The summed E-state index contributed by atoms with van der Waals surface area (Å²) in [6, 6.07) is 0. The molecule has 5 nitrogen and oxygen atoms in total. The van der Waals surface area contributed by atoms with Crippen molar-refractivity contribution < 1.29 is 25.2 Å². The van der Waals surface area contributed by atoms with Gasteiger partial charge in [0.2, 0.25) is 0 Å². The van der Waals surface area contributed by atoms with Crippen molar-refractivity contribution in [3.05, 3.63) is 11.6 Å². The lowest BCUT2D eigenvalue weighted by atomic mass is 9.40. The number of allylic oxidation sites excluding steroid dienone is 2. The van der Waals surface area contributed by atoms with Crippen LogP contribution >= 0.6 is 0 Å². The third-order valence-electron chi connectivity index (χ3n) is 12.5. The first-order chi connectivity index (χ1) is 15.9. The van der Waals surface area contributed by atoms with Gasteiger partial charge in [-0.2, -0.15) is 0 Å². The highest BCUT2D eigenvalue weighted by atomic mass is 16.5. The number of aliphatic hydroxyl groups excluding tert-OH is 3. The molecule has 0 aromatic rings. The molecule has 1 saturated heterocycles. The highest BCUT2D eigenvalue weighted by molar-refractivity contribution is 5.35. The Morgan fingerprint density at radius 2 is 1.54 bits per heavy atom. The third-order valence-corrected chi connectivity index (χ3v) is 12.5. The molecule has 11 atom stereocenters. The van der Waals surface area contributed by atoms with Gasteiger partial charge in [0, 0.05) is 11.8 Å². The predicted octanol–water partition coefficient (Wildman–Crippen LogP) is 4.60. The largest absolute Gasteiger partial charge is 0.393 e. The Morgan fingerprint density at radius 1 is 0.886 bits per heavy atom. The minimum Gasteiger partial charge on any atom is -0.393 e. The number of aliphatic hydroxyl groups is 4. The fraction of sp³-hybridized carbons (Fsp3) is 0.933. The number of fused-ring (bicyclic) bond motifs is 5. The summed E-state index contributed by atoms with van der Waals surface area (Å²) < 4.78 is 6.62. The van der Waals surface area contributed by atoms with Crippen LogP contribution < -0.4 is 0 Å². The molecular weight excluding hydrogens is 440 g/mol. The average molecular weight is 491 g/mol. The third kappa shape index (κ3) is 3.30. The van der Waals surface area contributed by atoms with E-state index in [4.69, 9.17) is 4.74 Å². The molecule has 0 amide bonds. The molecule has 1 aliphatic heterocycles. The zero-order valence-corrected chi connectivity index (χ0v) is 23.3. The normalized spacial score (nSPS) is 55.7. The monoisotopic (exact) mass is 490 g/mol. The van der Waals surface area contributed by atoms with E-state index in [1.165, 1.54) is 5.57 Å². The summed E-state index contributed by atoms with van der Waals surface area (Å²) in [5.41, 5.74) is -0.731. The standard InChI is InChI=1S/C30H50O5/c1-25(2)21(33)10-12-27(5)17-9-13-28(6)24(30(8)14-11-22(35-30)26(3,4)34)20(32)16-29(28,7)18(17)15-19(31)23(25)27/h9,18-24,31-34H,10-16H2,1-8H3/t18-,19-,20-,21-,22-,23-,24-,27+,28+,29-,30+/m0/s1. The van der Waals surface area contributed by atoms with Crippen molar-refractivity contribution in [3.63, 3.8) is 0 Å². The average Bonchev–Trinajstić information content (AvgIpc) is 3.20. The van der Waals surface area contributed by atoms with E-state index in [1.807, 2.05) is 13.8 Å². The van der Waals surface area contributed by atoms with Crippen molar-refractivity contribution in [1.82, 2.24) is 0 Å². The molecule has 0 unspecified atom stereocenters. The molecule has 5 rings (SSSR count). The van der Waals surface area contributed by atoms with Crippen LogP contribution in [0.1, 0.15) is 100 Å². The van der Waals surface area contributed by atoms with Crippen LogP contribution in [0, 0.1) is 39.4 Å². The lowest BCUT2D eigenvalue weighted by Gasteiger charge is -2.65. The molecule has 0 radical (unpaired) electrons. The summed E-state index contributed by atoms with van der Waals surface area (Å²) in [5, 5.41) is 44.8. The van der Waals surface area contributed by atoms with Crippen LogP contribution in [0.25, 0.3) is 0 Å². The smallest absolute Gasteiger partial charge is 0.0865 e. The lowest BCUT2D eigenvalue weighted by molar-refractivity contribution is -0.183. The number of hydrogen-bond acceptors (Lipinski definition) is 5. The molecule has 5 aliphatic rings. The van der Waals surface area contributed by atoms with Gasteiger partial charge in [0.05, 0.1) is 35.6 Å². The first-order valence-corrected chi connectivity index (χ1v) is 14.1. The molecular formula is C30H50O5. The van der Waals surface area contributed by atoms with E-state index < -0.39 is 29.5 Å². The van der Waals surface area contributed by atoms with Crippen LogP contribution in [0.3, 0.4) is 0 Å². The zero-order valence-electron chi connectivity index (χ0n) is 23.3. The van der Waals surface area contributed by atoms with E-state index in [0.717, 1.165) is 32.1 Å². The Hall–Kier alpha value is -0.460. The van der Waals surface area contributed by atoms with Crippen molar-refractivity contribution in [3.8, 4) is 0 Å². The molecule has 0 aromatic heterocycles. The highest BCUT2D eigenvalue weighted by Gasteiger charge is 2.71. The van der Waals surface area contributed by atoms with E-state index in [9.17, 15) is 20.4 Å². The Morgan fingerprint density at radius 3 is 2.14 bits per heavy atom. The SMILES string of the molecule is CC(C)(O)[C@@H]1CC[C@](C)([C@H]2[C@@H](O)C[C@@]3(C)[C@H]4C[C@H](O)[C@H]5C(C)(C)[C@@H](O)CC[C@]5(C)C4=CC[C@]23C)O1. The van der Waals surface area contributed by atoms with Crippen LogP contribution in [0.5, 0.6) is 0 Å². The molecule has 1 heterocycles. The topological polar surface area (TPSA) is 90.2 Å². The van der Waals surface area contributed by atoms with Crippen molar-refractivity contribution >= 4 is 0 Å². The molecule has 5 heteroatoms. The van der Waals surface area contributed by atoms with Crippen LogP contribution in [-0.2, 0) is 4.74 Å². The van der Waals surface area contributed by atoms with Crippen molar-refractivity contribution in [2.45, 2.75) is 136 Å². The quantitative estimate of drug-likeness (QED) is 0.425. The van der Waals surface area contributed by atoms with Gasteiger partial charge in [-0.1, -0.05) is 46.3 Å². The van der Waals surface area contributed by atoms with Crippen molar-refractivity contribution in [1.29, 1.82) is 0 Å². The van der Waals surface area contributed by atoms with E-state index in [2.05, 4.69) is 47.6 Å². The second-order valence-corrected chi connectivity index (χ2v) is 15.2. The van der Waals surface area contributed by atoms with E-state index >= 15 is 0 Å². The van der Waals surface area contributed by atoms with Crippen molar-refractivity contribution in [2.24, 2.45) is 39.4 Å². The second-order valence-electron chi connectivity index (χ2n) is 15.2. The zero-order chi connectivity index (χ0) is 26.0. The fourth-order valence-corrected chi connectivity index (χ4v) is 10.6. The summed E-state index contributed by atoms with van der Waals surface area (Å²) in [7, 11) is 0. The summed E-state index contributed by atoms with van der Waals surface area (Å²) in [6.07, 6.45) is 6.50. The predicted molar refractivity (Wildman–Crippen MR) is 137 cm³/mol. The highest BCUT2D eigenvalue weighted by Crippen LogP contribution is 2.74. The Labute approximate surface area is 212 Å². The molecule has 0 aromatic carbocycles. The van der Waals surface area contributed by atoms with Gasteiger partial charge in [0.25, 0.3) is 0 Å². The first-order valence-electron chi connectivity index (χ1n) is 14.1. The molecule has 35 heavy (non-hydrogen) atoms. The van der Waals surface area contributed by atoms with E-state index in [-0.39, 0.29) is 45.5 Å². The summed E-state index contributed by atoms with van der Waals surface area (Å²) >= 11 is 0. The maximum absolute atomic E-state index is 11.7. The van der Waals surface area contributed by atoms with Crippen LogP contribution in [0.4, 0.5) is 0 Å². The molecule has 0 spiro atoms. The number of ether oxygens (including phenoxy) is 1. The van der Waals surface area contributed by atoms with E-state index in [1.54, 1.807) is 0 Å². The summed E-state index contributed by atoms with van der Waals surface area (Å²) in [6.45, 7) is 17.1. The fourth-order valence-electron chi connectivity index (χ4n) is 10.6. The van der Waals surface area contributed by atoms with Crippen LogP contribution in [-0.4, -0.2) is 56.0 Å². The van der Waals surface area contributed by atoms with Gasteiger partial charge in [-0.3, -0.25) is 0 Å². The molecule has 4 fully saturated rings. The Kier molecular flexibility index (Phi) is 5.65. The molecule has 0 bridgehead atoms. The maximum Gasteiger partial charge on any atom is 0.0865 e. The van der Waals surface area contributed by atoms with Gasteiger partial charge in [-0.05, 0) is 93.3 Å². The Bertz CT molecular complexity index is 905. The van der Waals surface area contributed by atoms with Crippen molar-refractivity contribution in [2.75, 3.05) is 0 Å². The molecule has 3 saturated carbocycles. The van der Waals surface area contributed by atoms with Gasteiger partial charge < -0.3 is 25.2 Å². The van der Waals surface area contributed by atoms with Gasteiger partial charge in [-0.25, -0.2) is 0 Å². The van der Waals surface area contributed by atoms with Gasteiger partial charge in [0.15, 0.2) is 0 Å². The van der Waals surface area contributed by atoms with Crippen LogP contribution in [0.2, 0.25) is 0 Å². The Balaban J connectivity index is 1.55. The van der Waals surface area contributed by atoms with Gasteiger partial charge >= 0.3 is 0 Å². The minimum atomic E-state index is -0.902. The van der Waals surface area contributed by atoms with Gasteiger partial charge in [-0.15, -0.1) is 0 Å². The molecule has 200 valence electrons. The maximum atomic E-state index is 11.7. The van der Waals surface area contributed by atoms with Gasteiger partial charge in [0.1, 0.15) is 0 Å². The van der Waals surface area contributed by atoms with Crippen LogP contribution in [0.15, 0.2) is 11.6 Å². The molecule has 4 N–H and O–H groups in total. The number of rotatable bonds is 2. The summed E-state index contributed by atoms with van der Waals surface area (Å²) in [4.78, 5) is 0. The molecule has 4 aliphatic carbocycles. The minimum absolute atomic E-state index is 0.0274. The first kappa shape index (κ1) is 26.2. The lowest BCUT2D eigenvalue weighted by Crippen LogP contribution is -2.62. The van der Waals surface area contributed by atoms with E-state index in [0.29, 0.717) is 12.8 Å². The summed E-state index contributed by atoms with van der Waals surface area (Å²) in [5.74, 6) is 0.204.